The van der Waals surface area contributed by atoms with Crippen LogP contribution in [0, 0.1) is 4.78 Å². The van der Waals surface area contributed by atoms with Gasteiger partial charge < -0.3 is 4.74 Å². The van der Waals surface area contributed by atoms with Gasteiger partial charge in [0.2, 0.25) is 0 Å². The van der Waals surface area contributed by atoms with Crippen LogP contribution < -0.4 is 0 Å². The topological polar surface area (TPSA) is 50.2 Å². The summed E-state index contributed by atoms with van der Waals surface area (Å²) in [6.07, 6.45) is 1.86. The molecule has 66 valence electrons. The van der Waals surface area contributed by atoms with Crippen LogP contribution in [-0.2, 0) is 14.5 Å². The first-order chi connectivity index (χ1) is 5.17. The molecule has 1 rings (SSSR count). The summed E-state index contributed by atoms with van der Waals surface area (Å²) in [4.78, 5) is 0. The van der Waals surface area contributed by atoms with Crippen molar-refractivity contribution < 1.29 is 8.95 Å². The fraction of sp³-hybridized carbons (Fsp3) is 1.00. The van der Waals surface area contributed by atoms with Crippen molar-refractivity contribution in [3.63, 3.8) is 0 Å². The molecule has 1 aliphatic heterocycles. The highest BCUT2D eigenvalue weighted by Gasteiger charge is 2.22. The van der Waals surface area contributed by atoms with Gasteiger partial charge in [0.05, 0.1) is 11.9 Å². The molecule has 0 aromatic rings. The van der Waals surface area contributed by atoms with Gasteiger partial charge in [-0.05, 0) is 12.8 Å². The standard InChI is InChI=1S/C7H15NO2S/c1-2-11(8,9)7-4-3-5-10-6-7/h7-8H,2-6H2,1H3. The van der Waals surface area contributed by atoms with Crippen molar-refractivity contribution in [2.24, 2.45) is 0 Å². The lowest BCUT2D eigenvalue weighted by Gasteiger charge is -2.23. The maximum absolute atomic E-state index is 11.5. The smallest absolute Gasteiger partial charge is 0.0662 e. The number of nitrogens with one attached hydrogen (secondary N) is 1. The van der Waals surface area contributed by atoms with Crippen LogP contribution in [0.25, 0.3) is 0 Å². The molecule has 1 fully saturated rings. The highest BCUT2D eigenvalue weighted by Crippen LogP contribution is 2.15. The average Bonchev–Trinajstić information content (AvgIpc) is 2.06. The van der Waals surface area contributed by atoms with Gasteiger partial charge in [-0.2, -0.15) is 0 Å². The lowest BCUT2D eigenvalue weighted by molar-refractivity contribution is 0.0999. The average molecular weight is 177 g/mol. The molecule has 1 heterocycles. The summed E-state index contributed by atoms with van der Waals surface area (Å²) in [5.74, 6) is 0.459. The summed E-state index contributed by atoms with van der Waals surface area (Å²) < 4.78 is 24.2. The Balaban J connectivity index is 2.58. The van der Waals surface area contributed by atoms with E-state index in [2.05, 4.69) is 0 Å². The normalized spacial score (nSPS) is 31.2. The van der Waals surface area contributed by atoms with E-state index in [4.69, 9.17) is 9.52 Å². The fourth-order valence-electron chi connectivity index (χ4n) is 1.25. The van der Waals surface area contributed by atoms with Crippen molar-refractivity contribution in [3.8, 4) is 0 Å². The third kappa shape index (κ3) is 2.17. The van der Waals surface area contributed by atoms with Gasteiger partial charge in [-0.25, -0.2) is 4.21 Å². The Kier molecular flexibility index (Phi) is 2.90. The second-order valence-electron chi connectivity index (χ2n) is 2.85. The van der Waals surface area contributed by atoms with Gasteiger partial charge in [-0.1, -0.05) is 6.92 Å². The third-order valence-corrected chi connectivity index (χ3v) is 4.39. The molecule has 11 heavy (non-hydrogen) atoms. The largest absolute Gasteiger partial charge is 0.380 e. The maximum Gasteiger partial charge on any atom is 0.0662 e. The molecule has 0 radical (unpaired) electrons. The Morgan fingerprint density at radius 3 is 2.91 bits per heavy atom. The van der Waals surface area contributed by atoms with Crippen LogP contribution in [0.2, 0.25) is 0 Å². The van der Waals surface area contributed by atoms with E-state index in [0.717, 1.165) is 19.4 Å². The van der Waals surface area contributed by atoms with Crippen LogP contribution in [0.1, 0.15) is 19.8 Å². The van der Waals surface area contributed by atoms with E-state index in [0.29, 0.717) is 12.4 Å². The lowest BCUT2D eigenvalue weighted by Crippen LogP contribution is -2.31. The molecule has 2 atom stereocenters. The molecule has 0 aliphatic carbocycles. The van der Waals surface area contributed by atoms with E-state index < -0.39 is 9.73 Å². The van der Waals surface area contributed by atoms with Crippen LogP contribution in [0.3, 0.4) is 0 Å². The summed E-state index contributed by atoms with van der Waals surface area (Å²) in [6, 6.07) is 0. The summed E-state index contributed by atoms with van der Waals surface area (Å²) in [7, 11) is -2.35. The SMILES string of the molecule is CCS(=N)(=O)C1CCCOC1. The highest BCUT2D eigenvalue weighted by atomic mass is 32.2. The van der Waals surface area contributed by atoms with E-state index >= 15 is 0 Å². The quantitative estimate of drug-likeness (QED) is 0.689. The van der Waals surface area contributed by atoms with Crippen LogP contribution >= 0.6 is 0 Å². The second-order valence-corrected chi connectivity index (χ2v) is 5.55. The van der Waals surface area contributed by atoms with E-state index in [9.17, 15) is 4.21 Å². The lowest BCUT2D eigenvalue weighted by atomic mass is 10.2. The zero-order valence-electron chi connectivity index (χ0n) is 6.84. The molecule has 0 aromatic carbocycles. The molecule has 0 amide bonds. The minimum absolute atomic E-state index is 0.0127. The van der Waals surface area contributed by atoms with E-state index in [1.807, 2.05) is 6.92 Å². The zero-order chi connectivity index (χ0) is 8.32. The monoisotopic (exact) mass is 177 g/mol. The molecule has 2 unspecified atom stereocenters. The van der Waals surface area contributed by atoms with Gasteiger partial charge >= 0.3 is 0 Å². The van der Waals surface area contributed by atoms with Crippen molar-refractivity contribution in [1.82, 2.24) is 0 Å². The summed E-state index contributed by atoms with van der Waals surface area (Å²) in [6.45, 7) is 3.11. The summed E-state index contributed by atoms with van der Waals surface area (Å²) >= 11 is 0. The molecule has 0 aromatic heterocycles. The first-order valence-electron chi connectivity index (χ1n) is 4.00. The van der Waals surface area contributed by atoms with Gasteiger partial charge in [-0.3, -0.25) is 4.78 Å². The first-order valence-corrected chi connectivity index (χ1v) is 5.79. The predicted molar refractivity (Wildman–Crippen MR) is 45.2 cm³/mol. The number of hydrogen-bond acceptors (Lipinski definition) is 3. The molecule has 0 saturated carbocycles. The molecule has 0 spiro atoms. The zero-order valence-corrected chi connectivity index (χ0v) is 7.65. The van der Waals surface area contributed by atoms with Gasteiger partial charge in [0, 0.05) is 22.1 Å². The van der Waals surface area contributed by atoms with E-state index in [1.165, 1.54) is 0 Å². The van der Waals surface area contributed by atoms with Crippen molar-refractivity contribution >= 4 is 9.73 Å². The second kappa shape index (κ2) is 3.54. The Labute approximate surface area is 68.1 Å². The number of hydrogen-bond donors (Lipinski definition) is 1. The molecule has 0 bridgehead atoms. The molecule has 4 heteroatoms. The van der Waals surface area contributed by atoms with Gasteiger partial charge in [-0.15, -0.1) is 0 Å². The Morgan fingerprint density at radius 1 is 1.73 bits per heavy atom. The summed E-state index contributed by atoms with van der Waals surface area (Å²) in [5, 5.41) is -0.0127. The van der Waals surface area contributed by atoms with Crippen molar-refractivity contribution in [3.05, 3.63) is 0 Å². The minimum Gasteiger partial charge on any atom is -0.380 e. The predicted octanol–water partition coefficient (Wildman–Crippen LogP) is 1.23. The molecule has 1 N–H and O–H groups in total. The molecule has 1 aliphatic rings. The van der Waals surface area contributed by atoms with Crippen LogP contribution in [0.15, 0.2) is 0 Å². The van der Waals surface area contributed by atoms with Crippen LogP contribution in [0.4, 0.5) is 0 Å². The number of ether oxygens (including phenoxy) is 1. The molecular formula is C7H15NO2S. The van der Waals surface area contributed by atoms with E-state index in [1.54, 1.807) is 0 Å². The van der Waals surface area contributed by atoms with Crippen molar-refractivity contribution in [2.75, 3.05) is 19.0 Å². The van der Waals surface area contributed by atoms with E-state index in [-0.39, 0.29) is 5.25 Å². The minimum atomic E-state index is -2.35. The molecule has 1 saturated heterocycles. The van der Waals surface area contributed by atoms with Crippen LogP contribution in [0.5, 0.6) is 0 Å². The Hall–Kier alpha value is -0.0900. The van der Waals surface area contributed by atoms with Crippen LogP contribution in [-0.4, -0.2) is 28.4 Å². The number of rotatable bonds is 2. The summed E-state index contributed by atoms with van der Waals surface area (Å²) in [5.41, 5.74) is 0. The van der Waals surface area contributed by atoms with Crippen molar-refractivity contribution in [2.45, 2.75) is 25.0 Å². The molecular weight excluding hydrogens is 162 g/mol. The maximum atomic E-state index is 11.5. The van der Waals surface area contributed by atoms with Gasteiger partial charge in [0.1, 0.15) is 0 Å². The first kappa shape index (κ1) is 9.00. The Morgan fingerprint density at radius 2 is 2.45 bits per heavy atom. The fourth-order valence-corrected chi connectivity index (χ4v) is 2.58. The van der Waals surface area contributed by atoms with Gasteiger partial charge in [0.25, 0.3) is 0 Å². The highest BCUT2D eigenvalue weighted by molar-refractivity contribution is 7.93. The molecule has 3 nitrogen and oxygen atoms in total. The Bertz CT molecular complexity index is 204. The van der Waals surface area contributed by atoms with Gasteiger partial charge in [0.15, 0.2) is 0 Å². The van der Waals surface area contributed by atoms with Crippen molar-refractivity contribution in [1.29, 1.82) is 4.78 Å². The third-order valence-electron chi connectivity index (χ3n) is 2.09.